The second-order valence-corrected chi connectivity index (χ2v) is 6.33. The zero-order chi connectivity index (χ0) is 15.8. The number of aromatic amines is 1. The van der Waals surface area contributed by atoms with Crippen LogP contribution in [0.2, 0.25) is 0 Å². The van der Waals surface area contributed by atoms with Gasteiger partial charge in [-0.15, -0.1) is 5.10 Å². The molecule has 1 fully saturated rings. The number of H-pyrrole nitrogens is 1. The van der Waals surface area contributed by atoms with Crippen molar-refractivity contribution in [3.8, 4) is 0 Å². The molecule has 1 amide bonds. The molecule has 7 nitrogen and oxygen atoms in total. The fourth-order valence-corrected chi connectivity index (χ4v) is 3.25. The standard InChI is InChI=1S/C16H20N6O/c1-21(16(23)14-6-7-17-18-14)12-9-22(10-12)15-8-11-4-2-3-5-13(11)19-20-15/h6-8,12H,2-5,9-10H2,1H3,(H,17,18). The molecule has 1 saturated heterocycles. The van der Waals surface area contributed by atoms with Gasteiger partial charge < -0.3 is 9.80 Å². The van der Waals surface area contributed by atoms with Gasteiger partial charge in [-0.1, -0.05) is 0 Å². The normalized spacial score (nSPS) is 17.5. The van der Waals surface area contributed by atoms with Gasteiger partial charge in [0.15, 0.2) is 5.82 Å². The molecule has 0 unspecified atom stereocenters. The van der Waals surface area contributed by atoms with E-state index in [1.807, 2.05) is 7.05 Å². The summed E-state index contributed by atoms with van der Waals surface area (Å²) in [7, 11) is 1.84. The number of hydrogen-bond donors (Lipinski definition) is 1. The van der Waals surface area contributed by atoms with Gasteiger partial charge in [-0.2, -0.15) is 10.2 Å². The highest BCUT2D eigenvalue weighted by Gasteiger charge is 2.34. The maximum absolute atomic E-state index is 12.3. The Kier molecular flexibility index (Phi) is 3.48. The number of carbonyl (C=O) groups is 1. The van der Waals surface area contributed by atoms with Crippen LogP contribution in [0, 0.1) is 0 Å². The maximum Gasteiger partial charge on any atom is 0.271 e. The molecule has 23 heavy (non-hydrogen) atoms. The van der Waals surface area contributed by atoms with E-state index in [-0.39, 0.29) is 11.9 Å². The van der Waals surface area contributed by atoms with Gasteiger partial charge in [0, 0.05) is 26.3 Å². The second-order valence-electron chi connectivity index (χ2n) is 6.33. The van der Waals surface area contributed by atoms with E-state index in [4.69, 9.17) is 0 Å². The lowest BCUT2D eigenvalue weighted by molar-refractivity contribution is 0.0699. The lowest BCUT2D eigenvalue weighted by atomic mass is 9.96. The van der Waals surface area contributed by atoms with Crippen molar-refractivity contribution in [1.29, 1.82) is 0 Å². The smallest absolute Gasteiger partial charge is 0.271 e. The van der Waals surface area contributed by atoms with Crippen LogP contribution in [-0.2, 0) is 12.8 Å². The average molecular weight is 312 g/mol. The van der Waals surface area contributed by atoms with Crippen molar-refractivity contribution in [2.75, 3.05) is 25.0 Å². The maximum atomic E-state index is 12.3. The molecule has 0 radical (unpaired) electrons. The molecule has 4 rings (SSSR count). The molecule has 2 aromatic heterocycles. The van der Waals surface area contributed by atoms with Crippen LogP contribution in [0.1, 0.15) is 34.6 Å². The van der Waals surface area contributed by atoms with Crippen LogP contribution in [-0.4, -0.2) is 57.4 Å². The van der Waals surface area contributed by atoms with Crippen LogP contribution in [0.5, 0.6) is 0 Å². The third kappa shape index (κ3) is 2.56. The molecule has 2 aromatic rings. The first-order valence-corrected chi connectivity index (χ1v) is 8.09. The van der Waals surface area contributed by atoms with Crippen LogP contribution in [0.25, 0.3) is 0 Å². The van der Waals surface area contributed by atoms with E-state index < -0.39 is 0 Å². The number of hydrogen-bond acceptors (Lipinski definition) is 5. The molecule has 0 bridgehead atoms. The Balaban J connectivity index is 1.40. The third-order valence-electron chi connectivity index (χ3n) is 4.84. The number of aromatic nitrogens is 4. The minimum atomic E-state index is -0.0244. The molecule has 120 valence electrons. The quantitative estimate of drug-likeness (QED) is 0.916. The van der Waals surface area contributed by atoms with Crippen LogP contribution in [0.15, 0.2) is 18.3 Å². The monoisotopic (exact) mass is 312 g/mol. The van der Waals surface area contributed by atoms with E-state index in [0.717, 1.165) is 37.4 Å². The fraction of sp³-hybridized carbons (Fsp3) is 0.500. The molecule has 7 heteroatoms. The predicted octanol–water partition coefficient (Wildman–Crippen LogP) is 1.04. The summed E-state index contributed by atoms with van der Waals surface area (Å²) in [6.07, 6.45) is 6.20. The van der Waals surface area contributed by atoms with E-state index in [1.165, 1.54) is 18.4 Å². The van der Waals surface area contributed by atoms with E-state index in [0.29, 0.717) is 5.69 Å². The highest BCUT2D eigenvalue weighted by Crippen LogP contribution is 2.26. The second kappa shape index (κ2) is 5.64. The highest BCUT2D eigenvalue weighted by molar-refractivity contribution is 5.92. The number of rotatable bonds is 3. The van der Waals surface area contributed by atoms with E-state index in [9.17, 15) is 4.79 Å². The van der Waals surface area contributed by atoms with Gasteiger partial charge in [-0.25, -0.2) is 0 Å². The number of amides is 1. The van der Waals surface area contributed by atoms with Gasteiger partial charge >= 0.3 is 0 Å². The summed E-state index contributed by atoms with van der Waals surface area (Å²) in [4.78, 5) is 16.2. The van der Waals surface area contributed by atoms with Crippen molar-refractivity contribution in [1.82, 2.24) is 25.3 Å². The topological polar surface area (TPSA) is 78.0 Å². The van der Waals surface area contributed by atoms with Crippen molar-refractivity contribution >= 4 is 11.7 Å². The van der Waals surface area contributed by atoms with Gasteiger partial charge in [0.25, 0.3) is 5.91 Å². The Bertz CT molecular complexity index is 707. The predicted molar refractivity (Wildman–Crippen MR) is 85.4 cm³/mol. The van der Waals surface area contributed by atoms with Crippen LogP contribution < -0.4 is 4.90 Å². The SMILES string of the molecule is CN(C(=O)c1ccn[nH]1)C1CN(c2cc3c(nn2)CCCC3)C1. The van der Waals surface area contributed by atoms with Crippen LogP contribution in [0.3, 0.4) is 0 Å². The number of anilines is 1. The first kappa shape index (κ1) is 14.2. The van der Waals surface area contributed by atoms with Crippen molar-refractivity contribution < 1.29 is 4.79 Å². The molecule has 1 N–H and O–H groups in total. The van der Waals surface area contributed by atoms with Crippen LogP contribution in [0.4, 0.5) is 5.82 Å². The molecular formula is C16H20N6O. The molecule has 2 aliphatic rings. The highest BCUT2D eigenvalue weighted by atomic mass is 16.2. The van der Waals surface area contributed by atoms with Gasteiger partial charge in [-0.05, 0) is 43.4 Å². The Hall–Kier alpha value is -2.44. The molecule has 3 heterocycles. The Morgan fingerprint density at radius 3 is 2.91 bits per heavy atom. The van der Waals surface area contributed by atoms with E-state index in [2.05, 4.69) is 31.4 Å². The number of fused-ring (bicyclic) bond motifs is 1. The van der Waals surface area contributed by atoms with Gasteiger partial charge in [0.2, 0.25) is 0 Å². The molecule has 1 aliphatic carbocycles. The van der Waals surface area contributed by atoms with E-state index in [1.54, 1.807) is 17.2 Å². The Morgan fingerprint density at radius 1 is 1.30 bits per heavy atom. The number of likely N-dealkylation sites (N-methyl/N-ethyl adjacent to an activating group) is 1. The summed E-state index contributed by atoms with van der Waals surface area (Å²) in [5.74, 6) is 0.910. The first-order valence-electron chi connectivity index (χ1n) is 8.09. The molecule has 0 atom stereocenters. The summed E-state index contributed by atoms with van der Waals surface area (Å²) in [5, 5.41) is 15.3. The minimum Gasteiger partial charge on any atom is -0.351 e. The van der Waals surface area contributed by atoms with Gasteiger partial charge in [0.1, 0.15) is 5.69 Å². The lowest BCUT2D eigenvalue weighted by Crippen LogP contribution is -2.60. The van der Waals surface area contributed by atoms with Crippen molar-refractivity contribution in [2.45, 2.75) is 31.7 Å². The largest absolute Gasteiger partial charge is 0.351 e. The number of nitrogens with one attached hydrogen (secondary N) is 1. The first-order chi connectivity index (χ1) is 11.2. The summed E-state index contributed by atoms with van der Waals surface area (Å²) in [5.41, 5.74) is 3.02. The van der Waals surface area contributed by atoms with Gasteiger partial charge in [0.05, 0.1) is 11.7 Å². The van der Waals surface area contributed by atoms with Gasteiger partial charge in [-0.3, -0.25) is 9.89 Å². The third-order valence-corrected chi connectivity index (χ3v) is 4.84. The van der Waals surface area contributed by atoms with Crippen LogP contribution >= 0.6 is 0 Å². The lowest BCUT2D eigenvalue weighted by Gasteiger charge is -2.44. The van der Waals surface area contributed by atoms with Crippen molar-refractivity contribution in [2.24, 2.45) is 0 Å². The fourth-order valence-electron chi connectivity index (χ4n) is 3.25. The summed E-state index contributed by atoms with van der Waals surface area (Å²) in [6, 6.07) is 4.07. The molecule has 1 aliphatic heterocycles. The molecule has 0 saturated carbocycles. The molecule has 0 aromatic carbocycles. The zero-order valence-electron chi connectivity index (χ0n) is 13.2. The summed E-state index contributed by atoms with van der Waals surface area (Å²) in [6.45, 7) is 1.59. The minimum absolute atomic E-state index is 0.0244. The Labute approximate surface area is 134 Å². The molecule has 0 spiro atoms. The average Bonchev–Trinajstić information content (AvgIpc) is 3.07. The summed E-state index contributed by atoms with van der Waals surface area (Å²) >= 11 is 0. The zero-order valence-corrected chi connectivity index (χ0v) is 13.2. The van der Waals surface area contributed by atoms with Crippen molar-refractivity contribution in [3.63, 3.8) is 0 Å². The van der Waals surface area contributed by atoms with Crippen molar-refractivity contribution in [3.05, 3.63) is 35.3 Å². The number of carbonyl (C=O) groups excluding carboxylic acids is 1. The number of nitrogens with zero attached hydrogens (tertiary/aromatic N) is 5. The number of aryl methyl sites for hydroxylation is 2. The van der Waals surface area contributed by atoms with E-state index >= 15 is 0 Å². The Morgan fingerprint density at radius 2 is 2.13 bits per heavy atom. The molecular weight excluding hydrogens is 292 g/mol. The summed E-state index contributed by atoms with van der Waals surface area (Å²) < 4.78 is 0.